The monoisotopic (exact) mass is 269 g/mol. The van der Waals surface area contributed by atoms with Gasteiger partial charge in [-0.05, 0) is 37.6 Å². The van der Waals surface area contributed by atoms with Gasteiger partial charge >= 0.3 is 0 Å². The summed E-state index contributed by atoms with van der Waals surface area (Å²) in [6, 6.07) is 11.2. The quantitative estimate of drug-likeness (QED) is 0.910. The molecule has 0 saturated carbocycles. The minimum Gasteiger partial charge on any atom is -0.454 e. The van der Waals surface area contributed by atoms with Gasteiger partial charge in [0.15, 0.2) is 11.5 Å². The van der Waals surface area contributed by atoms with E-state index in [0.717, 1.165) is 11.1 Å². The van der Waals surface area contributed by atoms with Gasteiger partial charge < -0.3 is 14.8 Å². The molecule has 0 spiro atoms. The Labute approximate surface area is 117 Å². The lowest BCUT2D eigenvalue weighted by atomic mass is 10.0. The first-order chi connectivity index (χ1) is 9.63. The molecule has 4 nitrogen and oxygen atoms in total. The summed E-state index contributed by atoms with van der Waals surface area (Å²) in [5.74, 6) is 1.24. The van der Waals surface area contributed by atoms with Gasteiger partial charge in [-0.1, -0.05) is 17.7 Å². The number of hydrogen-bond acceptors (Lipinski definition) is 3. The third-order valence-corrected chi connectivity index (χ3v) is 3.27. The molecule has 2 aromatic carbocycles. The zero-order valence-corrected chi connectivity index (χ0v) is 11.4. The second kappa shape index (κ2) is 4.89. The van der Waals surface area contributed by atoms with Crippen LogP contribution in [0.15, 0.2) is 36.4 Å². The smallest absolute Gasteiger partial charge is 0.255 e. The number of rotatable bonds is 2. The first-order valence-electron chi connectivity index (χ1n) is 6.42. The molecule has 1 aliphatic heterocycles. The van der Waals surface area contributed by atoms with Crippen LogP contribution < -0.4 is 14.8 Å². The number of benzene rings is 2. The molecule has 0 radical (unpaired) electrons. The first kappa shape index (κ1) is 12.5. The maximum Gasteiger partial charge on any atom is 0.255 e. The summed E-state index contributed by atoms with van der Waals surface area (Å²) in [4.78, 5) is 12.3. The SMILES string of the molecule is Cc1ccc(C)c(C(=O)Nc2ccc3c(c2)OCO3)c1. The van der Waals surface area contributed by atoms with E-state index in [1.54, 1.807) is 18.2 Å². The van der Waals surface area contributed by atoms with Crippen molar-refractivity contribution in [2.45, 2.75) is 13.8 Å². The number of hydrogen-bond donors (Lipinski definition) is 1. The van der Waals surface area contributed by atoms with Crippen molar-refractivity contribution in [3.63, 3.8) is 0 Å². The van der Waals surface area contributed by atoms with Gasteiger partial charge in [-0.3, -0.25) is 4.79 Å². The van der Waals surface area contributed by atoms with Gasteiger partial charge in [0, 0.05) is 17.3 Å². The number of carbonyl (C=O) groups is 1. The lowest BCUT2D eigenvalue weighted by molar-refractivity contribution is 0.102. The number of aryl methyl sites for hydroxylation is 2. The summed E-state index contributed by atoms with van der Waals surface area (Å²) < 4.78 is 10.5. The number of ether oxygens (including phenoxy) is 2. The van der Waals surface area contributed by atoms with Gasteiger partial charge in [0.1, 0.15) is 0 Å². The zero-order valence-electron chi connectivity index (χ0n) is 11.4. The van der Waals surface area contributed by atoms with E-state index in [1.165, 1.54) is 0 Å². The first-order valence-corrected chi connectivity index (χ1v) is 6.42. The Balaban J connectivity index is 1.84. The third kappa shape index (κ3) is 2.32. The fourth-order valence-electron chi connectivity index (χ4n) is 2.15. The maximum absolute atomic E-state index is 12.3. The van der Waals surface area contributed by atoms with E-state index in [9.17, 15) is 4.79 Å². The van der Waals surface area contributed by atoms with Crippen molar-refractivity contribution in [1.82, 2.24) is 0 Å². The van der Waals surface area contributed by atoms with Crippen LogP contribution in [-0.2, 0) is 0 Å². The highest BCUT2D eigenvalue weighted by Crippen LogP contribution is 2.34. The van der Waals surface area contributed by atoms with Crippen LogP contribution in [-0.4, -0.2) is 12.7 Å². The standard InChI is InChI=1S/C16H15NO3/c1-10-3-4-11(2)13(7-10)16(18)17-12-5-6-14-15(8-12)20-9-19-14/h3-8H,9H2,1-2H3,(H,17,18). The second-order valence-corrected chi connectivity index (χ2v) is 4.84. The highest BCUT2D eigenvalue weighted by Gasteiger charge is 2.15. The minimum absolute atomic E-state index is 0.120. The van der Waals surface area contributed by atoms with Gasteiger partial charge in [-0.2, -0.15) is 0 Å². The summed E-state index contributed by atoms with van der Waals surface area (Å²) in [5.41, 5.74) is 3.39. The lowest BCUT2D eigenvalue weighted by Crippen LogP contribution is -2.13. The van der Waals surface area contributed by atoms with Crippen LogP contribution in [0.25, 0.3) is 0 Å². The van der Waals surface area contributed by atoms with Crippen LogP contribution >= 0.6 is 0 Å². The average molecular weight is 269 g/mol. The van der Waals surface area contributed by atoms with Crippen LogP contribution in [0.4, 0.5) is 5.69 Å². The third-order valence-electron chi connectivity index (χ3n) is 3.27. The molecular weight excluding hydrogens is 254 g/mol. The van der Waals surface area contributed by atoms with Gasteiger partial charge in [-0.25, -0.2) is 0 Å². The molecule has 0 aromatic heterocycles. The molecule has 0 aliphatic carbocycles. The van der Waals surface area contributed by atoms with Crippen molar-refractivity contribution in [2.24, 2.45) is 0 Å². The number of fused-ring (bicyclic) bond motifs is 1. The Morgan fingerprint density at radius 1 is 1.05 bits per heavy atom. The van der Waals surface area contributed by atoms with Gasteiger partial charge in [0.2, 0.25) is 6.79 Å². The topological polar surface area (TPSA) is 47.6 Å². The Hall–Kier alpha value is -2.49. The highest BCUT2D eigenvalue weighted by atomic mass is 16.7. The molecule has 1 amide bonds. The van der Waals surface area contributed by atoms with Crippen molar-refractivity contribution in [3.05, 3.63) is 53.1 Å². The Morgan fingerprint density at radius 3 is 2.70 bits per heavy atom. The molecule has 1 N–H and O–H groups in total. The van der Waals surface area contributed by atoms with Crippen LogP contribution in [0.2, 0.25) is 0 Å². The molecule has 0 unspecified atom stereocenters. The van der Waals surface area contributed by atoms with Crippen LogP contribution in [0.5, 0.6) is 11.5 Å². The summed E-state index contributed by atoms with van der Waals surface area (Å²) >= 11 is 0. The highest BCUT2D eigenvalue weighted by molar-refractivity contribution is 6.05. The molecule has 4 heteroatoms. The number of anilines is 1. The van der Waals surface area contributed by atoms with Crippen molar-refractivity contribution in [3.8, 4) is 11.5 Å². The normalized spacial score (nSPS) is 12.3. The summed E-state index contributed by atoms with van der Waals surface area (Å²) in [7, 11) is 0. The molecule has 0 saturated heterocycles. The number of amides is 1. The largest absolute Gasteiger partial charge is 0.454 e. The number of carbonyl (C=O) groups excluding carboxylic acids is 1. The molecule has 0 atom stereocenters. The van der Waals surface area contributed by atoms with Crippen LogP contribution in [0.1, 0.15) is 21.5 Å². The summed E-state index contributed by atoms with van der Waals surface area (Å²) in [6.07, 6.45) is 0. The van der Waals surface area contributed by atoms with Crippen LogP contribution in [0, 0.1) is 13.8 Å². The van der Waals surface area contributed by atoms with Gasteiger partial charge in [-0.15, -0.1) is 0 Å². The molecular formula is C16H15NO3. The minimum atomic E-state index is -0.120. The predicted octanol–water partition coefficient (Wildman–Crippen LogP) is 3.28. The summed E-state index contributed by atoms with van der Waals surface area (Å²) in [6.45, 7) is 4.12. The van der Waals surface area contributed by atoms with E-state index >= 15 is 0 Å². The summed E-state index contributed by atoms with van der Waals surface area (Å²) in [5, 5.41) is 2.88. The van der Waals surface area contributed by atoms with E-state index in [-0.39, 0.29) is 12.7 Å². The van der Waals surface area contributed by atoms with Crippen molar-refractivity contribution < 1.29 is 14.3 Å². The maximum atomic E-state index is 12.3. The molecule has 1 heterocycles. The Morgan fingerprint density at radius 2 is 1.85 bits per heavy atom. The van der Waals surface area contributed by atoms with Gasteiger partial charge in [0.05, 0.1) is 0 Å². The van der Waals surface area contributed by atoms with Gasteiger partial charge in [0.25, 0.3) is 5.91 Å². The molecule has 0 bridgehead atoms. The predicted molar refractivity (Wildman–Crippen MR) is 76.4 cm³/mol. The molecule has 0 fully saturated rings. The Bertz CT molecular complexity index is 679. The van der Waals surface area contributed by atoms with Crippen molar-refractivity contribution in [2.75, 3.05) is 12.1 Å². The molecule has 102 valence electrons. The average Bonchev–Trinajstić information content (AvgIpc) is 2.89. The fourth-order valence-corrected chi connectivity index (χ4v) is 2.15. The van der Waals surface area contributed by atoms with E-state index in [1.807, 2.05) is 32.0 Å². The van der Waals surface area contributed by atoms with Crippen LogP contribution in [0.3, 0.4) is 0 Å². The van der Waals surface area contributed by atoms with Crippen molar-refractivity contribution in [1.29, 1.82) is 0 Å². The lowest BCUT2D eigenvalue weighted by Gasteiger charge is -2.09. The van der Waals surface area contributed by atoms with Crippen molar-refractivity contribution >= 4 is 11.6 Å². The fraction of sp³-hybridized carbons (Fsp3) is 0.188. The molecule has 1 aliphatic rings. The zero-order chi connectivity index (χ0) is 14.1. The molecule has 2 aromatic rings. The molecule has 3 rings (SSSR count). The second-order valence-electron chi connectivity index (χ2n) is 4.84. The van der Waals surface area contributed by atoms with E-state index < -0.39 is 0 Å². The van der Waals surface area contributed by atoms with E-state index in [0.29, 0.717) is 22.7 Å². The Kier molecular flexibility index (Phi) is 3.06. The molecule has 20 heavy (non-hydrogen) atoms. The number of nitrogens with one attached hydrogen (secondary N) is 1. The van der Waals surface area contributed by atoms with E-state index in [4.69, 9.17) is 9.47 Å². The van der Waals surface area contributed by atoms with E-state index in [2.05, 4.69) is 5.32 Å².